The first-order chi connectivity index (χ1) is 14.6. The second kappa shape index (κ2) is 9.39. The second-order valence-electron chi connectivity index (χ2n) is 7.71. The fourth-order valence-corrected chi connectivity index (χ4v) is 4.78. The molecule has 2 aromatic carbocycles. The number of carbonyl (C=O) groups is 2. The molecular weight excluding hydrogens is 396 g/mol. The predicted octanol–water partition coefficient (Wildman–Crippen LogP) is 5.23. The maximum atomic E-state index is 12.7. The number of rotatable bonds is 4. The van der Waals surface area contributed by atoms with E-state index in [1.807, 2.05) is 42.5 Å². The number of thioether (sulfide) groups is 1. The van der Waals surface area contributed by atoms with E-state index in [-0.39, 0.29) is 17.9 Å². The van der Waals surface area contributed by atoms with Gasteiger partial charge in [-0.2, -0.15) is 0 Å². The standard InChI is InChI=1S/C24H26N2O3S/c1-29-19-11-8-16(9-12-19)14-22-24(28)26-20-15-17(10-13-21(20)30-22)23(27)25-18-6-4-2-3-5-7-18/h8-15,18H,2-7H2,1H3,(H,25,27)(H,26,28)/b22-14+. The van der Waals surface area contributed by atoms with E-state index in [1.165, 1.54) is 37.4 Å². The first-order valence-corrected chi connectivity index (χ1v) is 11.2. The van der Waals surface area contributed by atoms with Crippen LogP contribution in [0.25, 0.3) is 6.08 Å². The molecule has 1 fully saturated rings. The summed E-state index contributed by atoms with van der Waals surface area (Å²) in [7, 11) is 1.62. The molecule has 2 N–H and O–H groups in total. The fourth-order valence-electron chi connectivity index (χ4n) is 3.85. The van der Waals surface area contributed by atoms with Crippen LogP contribution in [0.3, 0.4) is 0 Å². The molecule has 2 amide bonds. The van der Waals surface area contributed by atoms with E-state index in [0.29, 0.717) is 16.2 Å². The van der Waals surface area contributed by atoms with E-state index in [4.69, 9.17) is 4.74 Å². The van der Waals surface area contributed by atoms with Crippen LogP contribution in [0.4, 0.5) is 5.69 Å². The molecule has 5 nitrogen and oxygen atoms in total. The molecule has 1 heterocycles. The molecule has 1 aliphatic carbocycles. The molecule has 156 valence electrons. The van der Waals surface area contributed by atoms with Gasteiger partial charge in [-0.15, -0.1) is 0 Å². The SMILES string of the molecule is COc1ccc(/C=C2/Sc3ccc(C(=O)NC4CCCCCC4)cc3NC2=O)cc1. The number of carbonyl (C=O) groups excluding carboxylic acids is 2. The minimum Gasteiger partial charge on any atom is -0.497 e. The molecule has 0 unspecified atom stereocenters. The largest absolute Gasteiger partial charge is 0.497 e. The van der Waals surface area contributed by atoms with Crippen molar-refractivity contribution in [2.45, 2.75) is 49.5 Å². The van der Waals surface area contributed by atoms with Crippen molar-refractivity contribution >= 4 is 35.3 Å². The molecule has 4 rings (SSSR count). The van der Waals surface area contributed by atoms with Gasteiger partial charge >= 0.3 is 0 Å². The minimum atomic E-state index is -0.162. The second-order valence-corrected chi connectivity index (χ2v) is 8.79. The van der Waals surface area contributed by atoms with E-state index in [1.54, 1.807) is 13.2 Å². The van der Waals surface area contributed by atoms with Gasteiger partial charge in [-0.25, -0.2) is 0 Å². The van der Waals surface area contributed by atoms with Crippen molar-refractivity contribution in [1.82, 2.24) is 5.32 Å². The van der Waals surface area contributed by atoms with Gasteiger partial charge in [0.1, 0.15) is 5.75 Å². The smallest absolute Gasteiger partial charge is 0.262 e. The summed E-state index contributed by atoms with van der Waals surface area (Å²) in [5.41, 5.74) is 2.20. The molecule has 2 aliphatic rings. The highest BCUT2D eigenvalue weighted by Crippen LogP contribution is 2.39. The average molecular weight is 423 g/mol. The normalized spacial score (nSPS) is 18.3. The van der Waals surface area contributed by atoms with Crippen molar-refractivity contribution in [2.75, 3.05) is 12.4 Å². The molecule has 2 aromatic rings. The summed E-state index contributed by atoms with van der Waals surface area (Å²) in [6, 6.07) is 13.3. The summed E-state index contributed by atoms with van der Waals surface area (Å²) in [5.74, 6) is 0.547. The Morgan fingerprint density at radius 2 is 1.83 bits per heavy atom. The summed E-state index contributed by atoms with van der Waals surface area (Å²) in [6.07, 6.45) is 8.79. The fraction of sp³-hybridized carbons (Fsp3) is 0.333. The molecule has 1 saturated carbocycles. The lowest BCUT2D eigenvalue weighted by Crippen LogP contribution is -2.34. The van der Waals surface area contributed by atoms with Crippen LogP contribution in [0.1, 0.15) is 54.4 Å². The van der Waals surface area contributed by atoms with Crippen LogP contribution < -0.4 is 15.4 Å². The zero-order valence-electron chi connectivity index (χ0n) is 17.1. The Hall–Kier alpha value is -2.73. The summed E-state index contributed by atoms with van der Waals surface area (Å²) >= 11 is 1.41. The highest BCUT2D eigenvalue weighted by molar-refractivity contribution is 8.04. The van der Waals surface area contributed by atoms with Crippen molar-refractivity contribution < 1.29 is 14.3 Å². The van der Waals surface area contributed by atoms with Crippen LogP contribution in [0.5, 0.6) is 5.75 Å². The van der Waals surface area contributed by atoms with Gasteiger partial charge in [0.05, 0.1) is 17.7 Å². The van der Waals surface area contributed by atoms with Crippen LogP contribution in [0.2, 0.25) is 0 Å². The summed E-state index contributed by atoms with van der Waals surface area (Å²) in [4.78, 5) is 26.8. The van der Waals surface area contributed by atoms with Gasteiger partial charge in [0, 0.05) is 16.5 Å². The molecule has 6 heteroatoms. The monoisotopic (exact) mass is 422 g/mol. The lowest BCUT2D eigenvalue weighted by atomic mass is 10.1. The number of methoxy groups -OCH3 is 1. The highest BCUT2D eigenvalue weighted by atomic mass is 32.2. The number of hydrogen-bond donors (Lipinski definition) is 2. The Bertz CT molecular complexity index is 961. The zero-order valence-corrected chi connectivity index (χ0v) is 17.9. The number of amides is 2. The van der Waals surface area contributed by atoms with E-state index >= 15 is 0 Å². The number of fused-ring (bicyclic) bond motifs is 1. The zero-order chi connectivity index (χ0) is 20.9. The third-order valence-corrected chi connectivity index (χ3v) is 6.64. The maximum Gasteiger partial charge on any atom is 0.262 e. The Labute approximate surface area is 181 Å². The maximum absolute atomic E-state index is 12.7. The van der Waals surface area contributed by atoms with Crippen molar-refractivity contribution in [3.63, 3.8) is 0 Å². The van der Waals surface area contributed by atoms with E-state index in [0.717, 1.165) is 29.1 Å². The summed E-state index contributed by atoms with van der Waals surface area (Å²) < 4.78 is 5.17. The number of ether oxygens (including phenoxy) is 1. The number of nitrogens with one attached hydrogen (secondary N) is 2. The minimum absolute atomic E-state index is 0.0662. The average Bonchev–Trinajstić information content (AvgIpc) is 3.03. The number of anilines is 1. The Morgan fingerprint density at radius 3 is 2.53 bits per heavy atom. The predicted molar refractivity (Wildman–Crippen MR) is 121 cm³/mol. The quantitative estimate of drug-likeness (QED) is 0.523. The molecule has 0 spiro atoms. The van der Waals surface area contributed by atoms with E-state index in [9.17, 15) is 9.59 Å². The van der Waals surface area contributed by atoms with Gasteiger partial charge in [0.15, 0.2) is 0 Å². The van der Waals surface area contributed by atoms with Crippen molar-refractivity contribution in [3.05, 3.63) is 58.5 Å². The first-order valence-electron chi connectivity index (χ1n) is 10.4. The third-order valence-electron chi connectivity index (χ3n) is 5.54. The molecule has 0 aromatic heterocycles. The first kappa shape index (κ1) is 20.5. The number of hydrogen-bond acceptors (Lipinski definition) is 4. The van der Waals surface area contributed by atoms with Gasteiger partial charge in [0.25, 0.3) is 11.8 Å². The van der Waals surface area contributed by atoms with Crippen molar-refractivity contribution in [3.8, 4) is 5.75 Å². The summed E-state index contributed by atoms with van der Waals surface area (Å²) in [6.45, 7) is 0. The molecule has 30 heavy (non-hydrogen) atoms. The topological polar surface area (TPSA) is 67.4 Å². The van der Waals surface area contributed by atoms with Crippen molar-refractivity contribution in [1.29, 1.82) is 0 Å². The van der Waals surface area contributed by atoms with Crippen LogP contribution in [0.15, 0.2) is 52.3 Å². The Morgan fingerprint density at radius 1 is 1.10 bits per heavy atom. The van der Waals surface area contributed by atoms with Gasteiger partial charge in [-0.3, -0.25) is 9.59 Å². The number of benzene rings is 2. The molecular formula is C24H26N2O3S. The molecule has 0 bridgehead atoms. The third kappa shape index (κ3) is 4.87. The van der Waals surface area contributed by atoms with E-state index < -0.39 is 0 Å². The molecule has 1 aliphatic heterocycles. The van der Waals surface area contributed by atoms with Crippen LogP contribution in [-0.4, -0.2) is 25.0 Å². The summed E-state index contributed by atoms with van der Waals surface area (Å²) in [5, 5.41) is 6.09. The van der Waals surface area contributed by atoms with Gasteiger partial charge in [-0.05, 0) is 54.8 Å². The van der Waals surface area contributed by atoms with Crippen LogP contribution >= 0.6 is 11.8 Å². The van der Waals surface area contributed by atoms with Crippen LogP contribution in [0, 0.1) is 0 Å². The molecule has 0 saturated heterocycles. The van der Waals surface area contributed by atoms with Crippen LogP contribution in [-0.2, 0) is 4.79 Å². The Balaban J connectivity index is 1.47. The van der Waals surface area contributed by atoms with Gasteiger partial charge in [-0.1, -0.05) is 49.6 Å². The highest BCUT2D eigenvalue weighted by Gasteiger charge is 2.23. The van der Waals surface area contributed by atoms with Gasteiger partial charge in [0.2, 0.25) is 0 Å². The lowest BCUT2D eigenvalue weighted by molar-refractivity contribution is -0.112. The lowest BCUT2D eigenvalue weighted by Gasteiger charge is -2.20. The molecule has 0 radical (unpaired) electrons. The molecule has 0 atom stereocenters. The van der Waals surface area contributed by atoms with Gasteiger partial charge < -0.3 is 15.4 Å². The van der Waals surface area contributed by atoms with E-state index in [2.05, 4.69) is 10.6 Å². The van der Waals surface area contributed by atoms with Crippen molar-refractivity contribution in [2.24, 2.45) is 0 Å². The Kier molecular flexibility index (Phi) is 6.43.